The molecule has 1 aliphatic rings. The molecule has 1 aromatic rings. The first kappa shape index (κ1) is 16.6. The SMILES string of the molecule is CCN1CCC(N(C)C(=O)/C=C\c2c(F)cccc2F)CC1. The highest BCUT2D eigenvalue weighted by Crippen LogP contribution is 2.17. The average molecular weight is 308 g/mol. The van der Waals surface area contributed by atoms with Gasteiger partial charge >= 0.3 is 0 Å². The molecule has 22 heavy (non-hydrogen) atoms. The highest BCUT2D eigenvalue weighted by atomic mass is 19.1. The maximum Gasteiger partial charge on any atom is 0.246 e. The first-order valence-electron chi connectivity index (χ1n) is 7.64. The number of carbonyl (C=O) groups excluding carboxylic acids is 1. The Labute approximate surface area is 130 Å². The van der Waals surface area contributed by atoms with Gasteiger partial charge in [0.2, 0.25) is 5.91 Å². The molecule has 0 aliphatic carbocycles. The van der Waals surface area contributed by atoms with Crippen LogP contribution in [-0.4, -0.2) is 48.4 Å². The van der Waals surface area contributed by atoms with E-state index in [2.05, 4.69) is 11.8 Å². The van der Waals surface area contributed by atoms with Gasteiger partial charge in [0.05, 0.1) is 0 Å². The summed E-state index contributed by atoms with van der Waals surface area (Å²) in [5.74, 6) is -1.55. The van der Waals surface area contributed by atoms with Crippen molar-refractivity contribution in [1.29, 1.82) is 0 Å². The van der Waals surface area contributed by atoms with Gasteiger partial charge in [-0.25, -0.2) is 8.78 Å². The van der Waals surface area contributed by atoms with Gasteiger partial charge in [-0.3, -0.25) is 4.79 Å². The van der Waals surface area contributed by atoms with Gasteiger partial charge in [0.25, 0.3) is 0 Å². The lowest BCUT2D eigenvalue weighted by Gasteiger charge is -2.35. The Balaban J connectivity index is 1.98. The lowest BCUT2D eigenvalue weighted by Crippen LogP contribution is -2.45. The standard InChI is InChI=1S/C17H22F2N2O/c1-3-21-11-9-13(10-12-21)20(2)17(22)8-7-14-15(18)5-4-6-16(14)19/h4-8,13H,3,9-12H2,1-2H3/b8-7-. The van der Waals surface area contributed by atoms with Crippen LogP contribution in [0, 0.1) is 11.6 Å². The fourth-order valence-corrected chi connectivity index (χ4v) is 2.74. The van der Waals surface area contributed by atoms with E-state index in [9.17, 15) is 13.6 Å². The van der Waals surface area contributed by atoms with E-state index in [0.29, 0.717) is 0 Å². The summed E-state index contributed by atoms with van der Waals surface area (Å²) in [6.07, 6.45) is 4.31. The summed E-state index contributed by atoms with van der Waals surface area (Å²) >= 11 is 0. The second-order valence-electron chi connectivity index (χ2n) is 5.58. The molecule has 1 aromatic carbocycles. The van der Waals surface area contributed by atoms with Crippen molar-refractivity contribution in [3.63, 3.8) is 0 Å². The molecule has 0 radical (unpaired) electrons. The van der Waals surface area contributed by atoms with Gasteiger partial charge in [-0.2, -0.15) is 0 Å². The average Bonchev–Trinajstić information content (AvgIpc) is 2.53. The molecular formula is C17H22F2N2O. The minimum absolute atomic E-state index is 0.176. The molecule has 0 aromatic heterocycles. The Morgan fingerprint density at radius 3 is 2.45 bits per heavy atom. The number of hydrogen-bond acceptors (Lipinski definition) is 2. The molecule has 0 atom stereocenters. The molecule has 3 nitrogen and oxygen atoms in total. The van der Waals surface area contributed by atoms with Crippen molar-refractivity contribution >= 4 is 12.0 Å². The fraction of sp³-hybridized carbons (Fsp3) is 0.471. The molecule has 0 saturated carbocycles. The summed E-state index contributed by atoms with van der Waals surface area (Å²) < 4.78 is 27.0. The Kier molecular flexibility index (Phi) is 5.66. The number of benzene rings is 1. The summed E-state index contributed by atoms with van der Waals surface area (Å²) in [6.45, 7) is 5.10. The Morgan fingerprint density at radius 2 is 1.91 bits per heavy atom. The van der Waals surface area contributed by atoms with Gasteiger partial charge in [0, 0.05) is 37.8 Å². The normalized spacial score (nSPS) is 17.1. The van der Waals surface area contributed by atoms with Crippen molar-refractivity contribution in [1.82, 2.24) is 9.80 Å². The van der Waals surface area contributed by atoms with Crippen molar-refractivity contribution < 1.29 is 13.6 Å². The molecule has 2 rings (SSSR count). The third-order valence-electron chi connectivity index (χ3n) is 4.29. The van der Waals surface area contributed by atoms with Gasteiger partial charge in [-0.15, -0.1) is 0 Å². The van der Waals surface area contributed by atoms with E-state index in [4.69, 9.17) is 0 Å². The number of amides is 1. The summed E-state index contributed by atoms with van der Waals surface area (Å²) in [4.78, 5) is 16.2. The summed E-state index contributed by atoms with van der Waals surface area (Å²) in [5, 5.41) is 0. The van der Waals surface area contributed by atoms with Crippen LogP contribution in [0.5, 0.6) is 0 Å². The van der Waals surface area contributed by atoms with Crippen molar-refractivity contribution in [2.75, 3.05) is 26.7 Å². The Morgan fingerprint density at radius 1 is 1.32 bits per heavy atom. The van der Waals surface area contributed by atoms with Gasteiger partial charge in [-0.1, -0.05) is 13.0 Å². The van der Waals surface area contributed by atoms with Crippen LogP contribution >= 0.6 is 0 Å². The zero-order valence-electron chi connectivity index (χ0n) is 13.1. The maximum atomic E-state index is 13.5. The van der Waals surface area contributed by atoms with Crippen LogP contribution in [0.1, 0.15) is 25.3 Å². The highest BCUT2D eigenvalue weighted by molar-refractivity contribution is 5.91. The molecule has 5 heteroatoms. The van der Waals surface area contributed by atoms with Crippen molar-refractivity contribution in [3.8, 4) is 0 Å². The third kappa shape index (κ3) is 3.91. The van der Waals surface area contributed by atoms with Crippen LogP contribution in [0.3, 0.4) is 0 Å². The van der Waals surface area contributed by atoms with E-state index >= 15 is 0 Å². The molecule has 0 unspecified atom stereocenters. The third-order valence-corrected chi connectivity index (χ3v) is 4.29. The Bertz CT molecular complexity index is 531. The maximum absolute atomic E-state index is 13.5. The Hall–Kier alpha value is -1.75. The zero-order valence-corrected chi connectivity index (χ0v) is 13.1. The molecule has 1 saturated heterocycles. The second-order valence-corrected chi connectivity index (χ2v) is 5.58. The molecule has 1 aliphatic heterocycles. The van der Waals surface area contributed by atoms with Crippen LogP contribution in [0.2, 0.25) is 0 Å². The number of piperidine rings is 1. The number of hydrogen-bond donors (Lipinski definition) is 0. The predicted molar refractivity (Wildman–Crippen MR) is 83.3 cm³/mol. The van der Waals surface area contributed by atoms with Crippen molar-refractivity contribution in [3.05, 3.63) is 41.5 Å². The van der Waals surface area contributed by atoms with Crippen molar-refractivity contribution in [2.45, 2.75) is 25.8 Å². The molecule has 0 N–H and O–H groups in total. The first-order chi connectivity index (χ1) is 10.5. The summed E-state index contributed by atoms with van der Waals surface area (Å²) in [6, 6.07) is 3.84. The second kappa shape index (κ2) is 7.49. The number of rotatable bonds is 4. The quantitative estimate of drug-likeness (QED) is 0.799. The minimum atomic E-state index is -0.664. The number of nitrogens with zero attached hydrogens (tertiary/aromatic N) is 2. The van der Waals surface area contributed by atoms with Gasteiger partial charge in [-0.05, 0) is 37.6 Å². The largest absolute Gasteiger partial charge is 0.339 e. The van der Waals surface area contributed by atoms with E-state index in [1.54, 1.807) is 11.9 Å². The lowest BCUT2D eigenvalue weighted by molar-refractivity contribution is -0.127. The van der Waals surface area contributed by atoms with E-state index < -0.39 is 11.6 Å². The van der Waals surface area contributed by atoms with Gasteiger partial charge < -0.3 is 9.80 Å². The molecule has 1 fully saturated rings. The predicted octanol–water partition coefficient (Wildman–Crippen LogP) is 2.92. The lowest BCUT2D eigenvalue weighted by atomic mass is 10.0. The van der Waals surface area contributed by atoms with Crippen LogP contribution < -0.4 is 0 Å². The topological polar surface area (TPSA) is 23.6 Å². The smallest absolute Gasteiger partial charge is 0.246 e. The molecule has 0 spiro atoms. The van der Waals surface area contributed by atoms with E-state index in [1.807, 2.05) is 0 Å². The molecule has 0 bridgehead atoms. The van der Waals surface area contributed by atoms with Crippen molar-refractivity contribution in [2.24, 2.45) is 0 Å². The number of likely N-dealkylation sites (N-methyl/N-ethyl adjacent to an activating group) is 1. The van der Waals surface area contributed by atoms with Crippen LogP contribution in [-0.2, 0) is 4.79 Å². The number of carbonyl (C=O) groups is 1. The minimum Gasteiger partial charge on any atom is -0.339 e. The van der Waals surface area contributed by atoms with E-state index in [0.717, 1.165) is 32.5 Å². The molecule has 120 valence electrons. The number of likely N-dealkylation sites (tertiary alicyclic amines) is 1. The van der Waals surface area contributed by atoms with Gasteiger partial charge in [0.1, 0.15) is 11.6 Å². The summed E-state index contributed by atoms with van der Waals surface area (Å²) in [5.41, 5.74) is -0.176. The molecular weight excluding hydrogens is 286 g/mol. The zero-order chi connectivity index (χ0) is 16.1. The van der Waals surface area contributed by atoms with Crippen LogP contribution in [0.25, 0.3) is 6.08 Å². The molecule has 1 amide bonds. The fourth-order valence-electron chi connectivity index (χ4n) is 2.74. The molecule has 1 heterocycles. The number of halogens is 2. The monoisotopic (exact) mass is 308 g/mol. The van der Waals surface area contributed by atoms with Gasteiger partial charge in [0.15, 0.2) is 0 Å². The summed E-state index contributed by atoms with van der Waals surface area (Å²) in [7, 11) is 1.75. The van der Waals surface area contributed by atoms with Crippen LogP contribution in [0.4, 0.5) is 8.78 Å². The van der Waals surface area contributed by atoms with Crippen LogP contribution in [0.15, 0.2) is 24.3 Å². The van der Waals surface area contributed by atoms with E-state index in [1.165, 1.54) is 30.4 Å². The first-order valence-corrected chi connectivity index (χ1v) is 7.64. The highest BCUT2D eigenvalue weighted by Gasteiger charge is 2.23. The van der Waals surface area contributed by atoms with E-state index in [-0.39, 0.29) is 17.5 Å².